The SMILES string of the molecule is CCN(c1cccs1)C(C(=O)O)c1ccccc1Cl.Cl. The summed E-state index contributed by atoms with van der Waals surface area (Å²) < 4.78 is 0. The second-order valence-electron chi connectivity index (χ2n) is 4.00. The zero-order valence-electron chi connectivity index (χ0n) is 10.8. The van der Waals surface area contributed by atoms with Crippen molar-refractivity contribution in [3.8, 4) is 0 Å². The Hall–Kier alpha value is -1.23. The highest BCUT2D eigenvalue weighted by atomic mass is 35.5. The number of likely N-dealkylation sites (N-methyl/N-ethyl adjacent to an activating group) is 1. The highest BCUT2D eigenvalue weighted by molar-refractivity contribution is 7.14. The van der Waals surface area contributed by atoms with Crippen molar-refractivity contribution in [2.75, 3.05) is 11.4 Å². The normalized spacial score (nSPS) is 11.5. The van der Waals surface area contributed by atoms with Gasteiger partial charge in [-0.2, -0.15) is 0 Å². The molecule has 1 unspecified atom stereocenters. The van der Waals surface area contributed by atoms with Gasteiger partial charge in [-0.15, -0.1) is 23.7 Å². The molecule has 1 heterocycles. The maximum absolute atomic E-state index is 11.7. The van der Waals surface area contributed by atoms with Crippen LogP contribution in [0, 0.1) is 0 Å². The van der Waals surface area contributed by atoms with Crippen LogP contribution < -0.4 is 4.90 Å². The molecule has 1 N–H and O–H groups in total. The number of thiophene rings is 1. The van der Waals surface area contributed by atoms with Crippen molar-refractivity contribution in [3.63, 3.8) is 0 Å². The second kappa shape index (κ2) is 7.53. The molecule has 1 atom stereocenters. The van der Waals surface area contributed by atoms with Gasteiger partial charge in [-0.3, -0.25) is 0 Å². The Kier molecular flexibility index (Phi) is 6.33. The van der Waals surface area contributed by atoms with Crippen molar-refractivity contribution >= 4 is 46.3 Å². The molecule has 0 saturated heterocycles. The fourth-order valence-electron chi connectivity index (χ4n) is 2.03. The van der Waals surface area contributed by atoms with Crippen LogP contribution in [0.25, 0.3) is 0 Å². The molecule has 0 saturated carbocycles. The summed E-state index contributed by atoms with van der Waals surface area (Å²) in [7, 11) is 0. The zero-order valence-corrected chi connectivity index (χ0v) is 13.2. The maximum Gasteiger partial charge on any atom is 0.331 e. The molecule has 0 bridgehead atoms. The lowest BCUT2D eigenvalue weighted by molar-refractivity contribution is -0.138. The third kappa shape index (κ3) is 3.45. The number of carboxylic acids is 1. The lowest BCUT2D eigenvalue weighted by Crippen LogP contribution is -2.33. The molecule has 6 heteroatoms. The number of carboxylic acid groups (broad SMARTS) is 1. The molecule has 0 aliphatic rings. The van der Waals surface area contributed by atoms with E-state index < -0.39 is 12.0 Å². The second-order valence-corrected chi connectivity index (χ2v) is 5.33. The van der Waals surface area contributed by atoms with Crippen LogP contribution in [0.5, 0.6) is 0 Å². The van der Waals surface area contributed by atoms with Crippen LogP contribution in [0.15, 0.2) is 41.8 Å². The largest absolute Gasteiger partial charge is 0.479 e. The molecular weight excluding hydrogens is 317 g/mol. The fraction of sp³-hybridized carbons (Fsp3) is 0.214. The van der Waals surface area contributed by atoms with Crippen molar-refractivity contribution < 1.29 is 9.90 Å². The number of hydrogen-bond acceptors (Lipinski definition) is 3. The topological polar surface area (TPSA) is 40.5 Å². The summed E-state index contributed by atoms with van der Waals surface area (Å²) in [6.07, 6.45) is 0. The van der Waals surface area contributed by atoms with Crippen LogP contribution in [0.3, 0.4) is 0 Å². The van der Waals surface area contributed by atoms with E-state index in [-0.39, 0.29) is 12.4 Å². The summed E-state index contributed by atoms with van der Waals surface area (Å²) in [5.74, 6) is -0.900. The molecule has 0 spiro atoms. The van der Waals surface area contributed by atoms with E-state index in [9.17, 15) is 9.90 Å². The molecule has 20 heavy (non-hydrogen) atoms. The number of halogens is 2. The van der Waals surface area contributed by atoms with Crippen LogP contribution in [-0.2, 0) is 4.79 Å². The minimum Gasteiger partial charge on any atom is -0.479 e. The third-order valence-corrected chi connectivity index (χ3v) is 4.12. The first-order chi connectivity index (χ1) is 9.15. The summed E-state index contributed by atoms with van der Waals surface area (Å²) in [4.78, 5) is 13.5. The van der Waals surface area contributed by atoms with Gasteiger partial charge in [0.2, 0.25) is 0 Å². The van der Waals surface area contributed by atoms with E-state index in [0.29, 0.717) is 17.1 Å². The van der Waals surface area contributed by atoms with E-state index in [0.717, 1.165) is 5.00 Å². The fourth-order valence-corrected chi connectivity index (χ4v) is 3.09. The van der Waals surface area contributed by atoms with Gasteiger partial charge in [0.15, 0.2) is 6.04 Å². The molecule has 0 aliphatic carbocycles. The number of rotatable bonds is 5. The Labute approximate surface area is 133 Å². The Balaban J connectivity index is 0.00000200. The monoisotopic (exact) mass is 331 g/mol. The molecule has 1 aromatic carbocycles. The standard InChI is InChI=1S/C14H14ClNO2S.ClH/c1-2-16(12-8-5-9-19-12)13(14(17)18)10-6-3-4-7-11(10)15;/h3-9,13H,2H2,1H3,(H,17,18);1H. The minimum atomic E-state index is -0.900. The van der Waals surface area contributed by atoms with E-state index in [4.69, 9.17) is 11.6 Å². The van der Waals surface area contributed by atoms with Gasteiger partial charge in [-0.05, 0) is 30.5 Å². The van der Waals surface area contributed by atoms with Gasteiger partial charge in [0.1, 0.15) is 0 Å². The number of aliphatic carboxylic acids is 1. The molecular formula is C14H15Cl2NO2S. The molecule has 1 aromatic heterocycles. The number of nitrogens with zero attached hydrogens (tertiary/aromatic N) is 1. The van der Waals surface area contributed by atoms with Gasteiger partial charge in [-0.1, -0.05) is 29.8 Å². The molecule has 0 radical (unpaired) electrons. The predicted molar refractivity (Wildman–Crippen MR) is 86.4 cm³/mol. The lowest BCUT2D eigenvalue weighted by Gasteiger charge is -2.29. The summed E-state index contributed by atoms with van der Waals surface area (Å²) in [5.41, 5.74) is 0.618. The summed E-state index contributed by atoms with van der Waals surface area (Å²) in [6, 6.07) is 10.1. The van der Waals surface area contributed by atoms with E-state index >= 15 is 0 Å². The smallest absolute Gasteiger partial charge is 0.331 e. The highest BCUT2D eigenvalue weighted by Crippen LogP contribution is 2.33. The van der Waals surface area contributed by atoms with Gasteiger partial charge in [-0.25, -0.2) is 4.79 Å². The summed E-state index contributed by atoms with van der Waals surface area (Å²) in [5, 5.41) is 12.9. The molecule has 2 aromatic rings. The Bertz CT molecular complexity index is 560. The number of anilines is 1. The first-order valence-electron chi connectivity index (χ1n) is 5.92. The van der Waals surface area contributed by atoms with Crippen LogP contribution in [0.4, 0.5) is 5.00 Å². The van der Waals surface area contributed by atoms with Crippen molar-refractivity contribution in [1.82, 2.24) is 0 Å². The van der Waals surface area contributed by atoms with Crippen LogP contribution >= 0.6 is 35.3 Å². The van der Waals surface area contributed by atoms with Gasteiger partial charge < -0.3 is 10.0 Å². The average Bonchev–Trinajstić information content (AvgIpc) is 2.90. The van der Waals surface area contributed by atoms with E-state index in [1.165, 1.54) is 11.3 Å². The summed E-state index contributed by atoms with van der Waals surface area (Å²) in [6.45, 7) is 2.54. The Morgan fingerprint density at radius 2 is 2.05 bits per heavy atom. The number of carbonyl (C=O) groups is 1. The molecule has 108 valence electrons. The van der Waals surface area contributed by atoms with Crippen molar-refractivity contribution in [1.29, 1.82) is 0 Å². The van der Waals surface area contributed by atoms with E-state index in [1.807, 2.05) is 29.3 Å². The van der Waals surface area contributed by atoms with E-state index in [2.05, 4.69) is 0 Å². The van der Waals surface area contributed by atoms with Gasteiger partial charge in [0, 0.05) is 17.1 Å². The minimum absolute atomic E-state index is 0. The van der Waals surface area contributed by atoms with Crippen molar-refractivity contribution in [2.24, 2.45) is 0 Å². The lowest BCUT2D eigenvalue weighted by atomic mass is 10.1. The number of hydrogen-bond donors (Lipinski definition) is 1. The zero-order chi connectivity index (χ0) is 13.8. The first-order valence-corrected chi connectivity index (χ1v) is 7.18. The van der Waals surface area contributed by atoms with Gasteiger partial charge in [0.25, 0.3) is 0 Å². The number of benzene rings is 1. The maximum atomic E-state index is 11.7. The van der Waals surface area contributed by atoms with E-state index in [1.54, 1.807) is 24.3 Å². The molecule has 2 rings (SSSR count). The van der Waals surface area contributed by atoms with Gasteiger partial charge in [0.05, 0.1) is 5.00 Å². The quantitative estimate of drug-likeness (QED) is 0.878. The van der Waals surface area contributed by atoms with Gasteiger partial charge >= 0.3 is 5.97 Å². The van der Waals surface area contributed by atoms with Crippen molar-refractivity contribution in [3.05, 3.63) is 52.4 Å². The average molecular weight is 332 g/mol. The summed E-state index contributed by atoms with van der Waals surface area (Å²) >= 11 is 7.66. The first kappa shape index (κ1) is 16.8. The predicted octanol–water partition coefficient (Wildman–Crippen LogP) is 4.48. The molecule has 0 aliphatic heterocycles. The Morgan fingerprint density at radius 3 is 2.55 bits per heavy atom. The molecule has 3 nitrogen and oxygen atoms in total. The Morgan fingerprint density at radius 1 is 1.35 bits per heavy atom. The van der Waals surface area contributed by atoms with Crippen molar-refractivity contribution in [2.45, 2.75) is 13.0 Å². The van der Waals surface area contributed by atoms with Crippen LogP contribution in [0.2, 0.25) is 5.02 Å². The van der Waals surface area contributed by atoms with Crippen LogP contribution in [-0.4, -0.2) is 17.6 Å². The third-order valence-electron chi connectivity index (χ3n) is 2.88. The molecule has 0 fully saturated rings. The highest BCUT2D eigenvalue weighted by Gasteiger charge is 2.28. The van der Waals surface area contributed by atoms with Crippen LogP contribution in [0.1, 0.15) is 18.5 Å². The molecule has 0 amide bonds.